The van der Waals surface area contributed by atoms with E-state index < -0.39 is 23.9 Å². The van der Waals surface area contributed by atoms with Gasteiger partial charge in [0.05, 0.1) is 23.7 Å². The van der Waals surface area contributed by atoms with E-state index in [-0.39, 0.29) is 18.4 Å². The van der Waals surface area contributed by atoms with E-state index in [0.29, 0.717) is 71.1 Å². The quantitative estimate of drug-likeness (QED) is 0.416. The second-order valence-corrected chi connectivity index (χ2v) is 9.99. The average molecular weight is 512 g/mol. The molecule has 3 aromatic rings. The molecule has 0 bridgehead atoms. The van der Waals surface area contributed by atoms with Crippen LogP contribution in [0.25, 0.3) is 22.3 Å². The lowest BCUT2D eigenvalue weighted by Gasteiger charge is -2.32. The van der Waals surface area contributed by atoms with Crippen molar-refractivity contribution in [1.29, 1.82) is 0 Å². The zero-order valence-corrected chi connectivity index (χ0v) is 20.9. The van der Waals surface area contributed by atoms with Crippen molar-refractivity contribution >= 4 is 22.8 Å². The average Bonchev–Trinajstić information content (AvgIpc) is 3.64. The van der Waals surface area contributed by atoms with Crippen molar-refractivity contribution in [3.8, 4) is 17.0 Å². The van der Waals surface area contributed by atoms with Crippen molar-refractivity contribution in [2.24, 2.45) is 5.92 Å². The summed E-state index contributed by atoms with van der Waals surface area (Å²) in [6.45, 7) is 4.04. The summed E-state index contributed by atoms with van der Waals surface area (Å²) in [6.07, 6.45) is 3.79. The molecule has 0 aliphatic heterocycles. The Kier molecular flexibility index (Phi) is 7.08. The second-order valence-electron chi connectivity index (χ2n) is 9.99. The fourth-order valence-corrected chi connectivity index (χ4v) is 4.89. The molecule has 37 heavy (non-hydrogen) atoms. The van der Waals surface area contributed by atoms with Gasteiger partial charge in [0.2, 0.25) is 5.91 Å². The maximum atomic E-state index is 14.9. The Hall–Kier alpha value is -3.56. The van der Waals surface area contributed by atoms with Gasteiger partial charge in [-0.15, -0.1) is 0 Å². The number of aromatic amines is 1. The first-order chi connectivity index (χ1) is 17.8. The van der Waals surface area contributed by atoms with Gasteiger partial charge in [-0.05, 0) is 56.7 Å². The topological polar surface area (TPSA) is 109 Å². The van der Waals surface area contributed by atoms with Crippen LogP contribution in [0, 0.1) is 18.7 Å². The first kappa shape index (κ1) is 25.1. The van der Waals surface area contributed by atoms with Gasteiger partial charge in [0, 0.05) is 30.1 Å². The van der Waals surface area contributed by atoms with Gasteiger partial charge in [-0.25, -0.2) is 18.7 Å². The highest BCUT2D eigenvalue weighted by molar-refractivity contribution is 6.09. The first-order valence-electron chi connectivity index (χ1n) is 12.8. The van der Waals surface area contributed by atoms with Crippen molar-refractivity contribution in [2.45, 2.75) is 70.6 Å². The number of H-pyrrole nitrogens is 1. The fraction of sp³-hybridized carbons (Fsp3) is 0.481. The van der Waals surface area contributed by atoms with E-state index in [2.05, 4.69) is 25.6 Å². The Balaban J connectivity index is 1.39. The highest BCUT2D eigenvalue weighted by atomic mass is 19.1. The molecule has 0 spiro atoms. The molecule has 1 aromatic carbocycles. The van der Waals surface area contributed by atoms with Gasteiger partial charge in [0.15, 0.2) is 0 Å². The lowest BCUT2D eigenvalue weighted by molar-refractivity contribution is -0.121. The van der Waals surface area contributed by atoms with E-state index in [1.165, 1.54) is 18.5 Å². The molecule has 2 aliphatic carbocycles. The van der Waals surface area contributed by atoms with Crippen LogP contribution in [0.3, 0.4) is 0 Å². The van der Waals surface area contributed by atoms with Gasteiger partial charge >= 0.3 is 0 Å². The lowest BCUT2D eigenvalue weighted by Crippen LogP contribution is -2.50. The third-order valence-corrected chi connectivity index (χ3v) is 7.14. The number of alkyl halides is 1. The van der Waals surface area contributed by atoms with Crippen LogP contribution in [-0.4, -0.2) is 51.6 Å². The zero-order chi connectivity index (χ0) is 26.1. The van der Waals surface area contributed by atoms with E-state index in [1.54, 1.807) is 19.9 Å². The van der Waals surface area contributed by atoms with Crippen LogP contribution in [-0.2, 0) is 4.79 Å². The number of nitrogens with zero attached hydrogens (tertiary/aromatic N) is 2. The predicted molar refractivity (Wildman–Crippen MR) is 134 cm³/mol. The summed E-state index contributed by atoms with van der Waals surface area (Å²) in [5.74, 6) is 0.0504. The Bertz CT molecular complexity index is 1320. The number of nitrogens with one attached hydrogen (secondary N) is 3. The minimum atomic E-state index is -1.28. The fourth-order valence-electron chi connectivity index (χ4n) is 4.89. The van der Waals surface area contributed by atoms with Crippen LogP contribution in [0.15, 0.2) is 24.5 Å². The molecule has 0 unspecified atom stereocenters. The maximum Gasteiger partial charge on any atom is 0.255 e. The number of ether oxygens (including phenoxy) is 1. The third kappa shape index (κ3) is 5.42. The van der Waals surface area contributed by atoms with Gasteiger partial charge < -0.3 is 20.4 Å². The Morgan fingerprint density at radius 2 is 1.97 bits per heavy atom. The standard InChI is InChI=1S/C27H31F2N5O3/c1-3-22(35)33-17-7-8-20(19(29)11-17)34-27(36)23-14(2)32-26-24(30-13-31-25(23)26)18-10-16(28)6-9-21(18)37-12-15-4-5-15/h6,9-10,13,15,17,19-20,32H,3-5,7-8,11-12H2,1-2H3,(H,33,35)(H,34,36)/t17-,19-,20+/m1/s1. The van der Waals surface area contributed by atoms with Crippen LogP contribution in [0.4, 0.5) is 8.78 Å². The molecule has 0 radical (unpaired) electrons. The minimum Gasteiger partial charge on any atom is -0.493 e. The van der Waals surface area contributed by atoms with E-state index >= 15 is 0 Å². The van der Waals surface area contributed by atoms with Gasteiger partial charge in [-0.1, -0.05) is 6.92 Å². The van der Waals surface area contributed by atoms with E-state index in [9.17, 15) is 18.4 Å². The number of aryl methyl sites for hydroxylation is 1. The van der Waals surface area contributed by atoms with E-state index in [4.69, 9.17) is 4.74 Å². The smallest absolute Gasteiger partial charge is 0.255 e. The normalized spacial score (nSPS) is 21.6. The highest BCUT2D eigenvalue weighted by Crippen LogP contribution is 2.37. The Morgan fingerprint density at radius 3 is 2.70 bits per heavy atom. The molecule has 10 heteroatoms. The zero-order valence-electron chi connectivity index (χ0n) is 20.9. The van der Waals surface area contributed by atoms with Gasteiger partial charge in [-0.3, -0.25) is 9.59 Å². The first-order valence-corrected chi connectivity index (χ1v) is 12.8. The van der Waals surface area contributed by atoms with Crippen molar-refractivity contribution in [3.63, 3.8) is 0 Å². The number of fused-ring (bicyclic) bond motifs is 1. The number of halogens is 2. The molecule has 2 saturated carbocycles. The van der Waals surface area contributed by atoms with E-state index in [1.807, 2.05) is 0 Å². The number of rotatable bonds is 8. The molecule has 3 atom stereocenters. The molecule has 196 valence electrons. The number of carbonyl (C=O) groups excluding carboxylic acids is 2. The van der Waals surface area contributed by atoms with Crippen LogP contribution >= 0.6 is 0 Å². The monoisotopic (exact) mass is 511 g/mol. The molecule has 2 amide bonds. The number of amides is 2. The molecular formula is C27H31F2N5O3. The summed E-state index contributed by atoms with van der Waals surface area (Å²) in [5.41, 5.74) is 2.59. The highest BCUT2D eigenvalue weighted by Gasteiger charge is 2.33. The van der Waals surface area contributed by atoms with Crippen LogP contribution in [0.2, 0.25) is 0 Å². The molecule has 2 heterocycles. The molecule has 8 nitrogen and oxygen atoms in total. The van der Waals surface area contributed by atoms with E-state index in [0.717, 1.165) is 12.8 Å². The second kappa shape index (κ2) is 10.4. The summed E-state index contributed by atoms with van der Waals surface area (Å²) in [6, 6.07) is 3.40. The summed E-state index contributed by atoms with van der Waals surface area (Å²) < 4.78 is 35.1. The summed E-state index contributed by atoms with van der Waals surface area (Å²) in [4.78, 5) is 36.9. The largest absolute Gasteiger partial charge is 0.493 e. The molecule has 2 aromatic heterocycles. The van der Waals surface area contributed by atoms with Crippen molar-refractivity contribution < 1.29 is 23.1 Å². The SMILES string of the molecule is CCC(=O)N[C@@H]1CC[C@H](NC(=O)c2c(C)[nH]c3c(-c4cc(F)ccc4OCC4CC4)ncnc23)[C@H](F)C1. The maximum absolute atomic E-state index is 14.9. The molecule has 3 N–H and O–H groups in total. The summed E-state index contributed by atoms with van der Waals surface area (Å²) >= 11 is 0. The van der Waals surface area contributed by atoms with Crippen LogP contribution in [0.1, 0.15) is 61.5 Å². The van der Waals surface area contributed by atoms with Crippen molar-refractivity contribution in [3.05, 3.63) is 41.6 Å². The molecule has 2 aliphatic rings. The van der Waals surface area contributed by atoms with Gasteiger partial charge in [0.25, 0.3) is 5.91 Å². The lowest BCUT2D eigenvalue weighted by atomic mass is 9.89. The predicted octanol–water partition coefficient (Wildman–Crippen LogP) is 4.38. The van der Waals surface area contributed by atoms with Crippen LogP contribution in [0.5, 0.6) is 5.75 Å². The minimum absolute atomic E-state index is 0.107. The Morgan fingerprint density at radius 1 is 1.16 bits per heavy atom. The molecule has 2 fully saturated rings. The molecule has 5 rings (SSSR count). The Labute approximate surface area is 213 Å². The van der Waals surface area contributed by atoms with Crippen LogP contribution < -0.4 is 15.4 Å². The van der Waals surface area contributed by atoms with Gasteiger partial charge in [0.1, 0.15) is 35.3 Å². The number of carbonyl (C=O) groups is 2. The number of aromatic nitrogens is 3. The number of benzene rings is 1. The molecular weight excluding hydrogens is 480 g/mol. The van der Waals surface area contributed by atoms with Crippen molar-refractivity contribution in [2.75, 3.05) is 6.61 Å². The number of hydrogen-bond acceptors (Lipinski definition) is 5. The summed E-state index contributed by atoms with van der Waals surface area (Å²) in [7, 11) is 0. The number of hydrogen-bond donors (Lipinski definition) is 3. The molecule has 0 saturated heterocycles. The summed E-state index contributed by atoms with van der Waals surface area (Å²) in [5, 5.41) is 5.65. The third-order valence-electron chi connectivity index (χ3n) is 7.14. The van der Waals surface area contributed by atoms with Gasteiger partial charge in [-0.2, -0.15) is 0 Å². The van der Waals surface area contributed by atoms with Crippen molar-refractivity contribution in [1.82, 2.24) is 25.6 Å².